The fourth-order valence-electron chi connectivity index (χ4n) is 3.00. The van der Waals surface area contributed by atoms with Crippen molar-refractivity contribution in [2.75, 3.05) is 7.05 Å². The molecule has 2 rings (SSSR count). The third-order valence-electron chi connectivity index (χ3n) is 4.68. The van der Waals surface area contributed by atoms with Crippen LogP contribution < -0.4 is 0 Å². The molecular formula is C14H23NO3. The molecule has 0 bridgehead atoms. The van der Waals surface area contributed by atoms with E-state index in [1.54, 1.807) is 0 Å². The van der Waals surface area contributed by atoms with E-state index >= 15 is 0 Å². The number of carboxylic acid groups (broad SMARTS) is 1. The molecule has 4 nitrogen and oxygen atoms in total. The highest BCUT2D eigenvalue weighted by Crippen LogP contribution is 2.32. The smallest absolute Gasteiger partial charge is 0.306 e. The second-order valence-electron chi connectivity index (χ2n) is 5.85. The molecule has 2 saturated carbocycles. The summed E-state index contributed by atoms with van der Waals surface area (Å²) in [5.74, 6) is -0.0259. The van der Waals surface area contributed by atoms with Crippen molar-refractivity contribution in [3.63, 3.8) is 0 Å². The molecule has 1 amide bonds. The Kier molecular flexibility index (Phi) is 4.25. The van der Waals surface area contributed by atoms with Gasteiger partial charge in [-0.25, -0.2) is 0 Å². The first kappa shape index (κ1) is 13.4. The Hall–Kier alpha value is -1.06. The highest BCUT2D eigenvalue weighted by Gasteiger charge is 2.31. The van der Waals surface area contributed by atoms with Crippen LogP contribution in [0, 0.1) is 11.8 Å². The fourth-order valence-corrected chi connectivity index (χ4v) is 3.00. The molecule has 0 aromatic rings. The van der Waals surface area contributed by atoms with Gasteiger partial charge in [0.1, 0.15) is 0 Å². The minimum absolute atomic E-state index is 0.198. The van der Waals surface area contributed by atoms with Crippen LogP contribution in [0.15, 0.2) is 0 Å². The largest absolute Gasteiger partial charge is 0.481 e. The number of rotatable bonds is 4. The predicted molar refractivity (Wildman–Crippen MR) is 68.1 cm³/mol. The Morgan fingerprint density at radius 3 is 2.17 bits per heavy atom. The molecule has 0 unspecified atom stereocenters. The Bertz CT molecular complexity index is 317. The van der Waals surface area contributed by atoms with Gasteiger partial charge in [0, 0.05) is 19.5 Å². The number of amides is 1. The average Bonchev–Trinajstić information content (AvgIpc) is 2.32. The molecule has 0 spiro atoms. The summed E-state index contributed by atoms with van der Waals surface area (Å²) in [7, 11) is 1.88. The molecule has 0 aliphatic heterocycles. The van der Waals surface area contributed by atoms with E-state index in [0.717, 1.165) is 12.8 Å². The molecule has 1 N–H and O–H groups in total. The van der Waals surface area contributed by atoms with Gasteiger partial charge < -0.3 is 10.0 Å². The average molecular weight is 253 g/mol. The van der Waals surface area contributed by atoms with Gasteiger partial charge in [-0.15, -0.1) is 0 Å². The van der Waals surface area contributed by atoms with E-state index in [9.17, 15) is 9.59 Å². The lowest BCUT2D eigenvalue weighted by Crippen LogP contribution is -2.41. The second kappa shape index (κ2) is 5.72. The first-order valence-electron chi connectivity index (χ1n) is 7.06. The van der Waals surface area contributed by atoms with Crippen LogP contribution in [-0.4, -0.2) is 35.0 Å². The topological polar surface area (TPSA) is 57.6 Å². The Morgan fingerprint density at radius 2 is 1.72 bits per heavy atom. The van der Waals surface area contributed by atoms with Crippen LogP contribution in [0.25, 0.3) is 0 Å². The summed E-state index contributed by atoms with van der Waals surface area (Å²) >= 11 is 0. The zero-order chi connectivity index (χ0) is 13.1. The third kappa shape index (κ3) is 3.03. The monoisotopic (exact) mass is 253 g/mol. The van der Waals surface area contributed by atoms with E-state index in [1.807, 2.05) is 11.9 Å². The van der Waals surface area contributed by atoms with Gasteiger partial charge in [0.25, 0.3) is 0 Å². The van der Waals surface area contributed by atoms with Gasteiger partial charge in [-0.2, -0.15) is 0 Å². The van der Waals surface area contributed by atoms with Crippen molar-refractivity contribution in [2.45, 2.75) is 57.4 Å². The lowest BCUT2D eigenvalue weighted by molar-refractivity contribution is -0.143. The Morgan fingerprint density at radius 1 is 1.11 bits per heavy atom. The van der Waals surface area contributed by atoms with Gasteiger partial charge in [-0.1, -0.05) is 6.42 Å². The SMILES string of the molecule is CN(C(=O)CC1CCC1)C1CCC(C(=O)O)CC1. The number of nitrogens with zero attached hydrogens (tertiary/aromatic N) is 1. The molecule has 0 saturated heterocycles. The quantitative estimate of drug-likeness (QED) is 0.836. The van der Waals surface area contributed by atoms with Crippen molar-refractivity contribution in [1.82, 2.24) is 4.90 Å². The molecule has 102 valence electrons. The molecule has 0 radical (unpaired) electrons. The summed E-state index contributed by atoms with van der Waals surface area (Å²) in [6.07, 6.45) is 7.45. The summed E-state index contributed by atoms with van der Waals surface area (Å²) in [6.45, 7) is 0. The van der Waals surface area contributed by atoms with E-state index < -0.39 is 5.97 Å². The molecule has 4 heteroatoms. The first-order valence-corrected chi connectivity index (χ1v) is 7.06. The number of carbonyl (C=O) groups is 2. The molecular weight excluding hydrogens is 230 g/mol. The molecule has 0 aromatic carbocycles. The molecule has 0 heterocycles. The van der Waals surface area contributed by atoms with Crippen LogP contribution in [0.5, 0.6) is 0 Å². The van der Waals surface area contributed by atoms with Gasteiger partial charge in [-0.3, -0.25) is 9.59 Å². The lowest BCUT2D eigenvalue weighted by Gasteiger charge is -2.35. The Labute approximate surface area is 108 Å². The van der Waals surface area contributed by atoms with Crippen molar-refractivity contribution in [1.29, 1.82) is 0 Å². The summed E-state index contributed by atoms with van der Waals surface area (Å²) < 4.78 is 0. The van der Waals surface area contributed by atoms with E-state index in [-0.39, 0.29) is 17.9 Å². The lowest BCUT2D eigenvalue weighted by atomic mass is 9.82. The van der Waals surface area contributed by atoms with Crippen LogP contribution in [0.1, 0.15) is 51.4 Å². The van der Waals surface area contributed by atoms with Gasteiger partial charge in [0.15, 0.2) is 0 Å². The van der Waals surface area contributed by atoms with Gasteiger partial charge in [-0.05, 0) is 44.4 Å². The predicted octanol–water partition coefficient (Wildman–Crippen LogP) is 2.28. The van der Waals surface area contributed by atoms with Crippen molar-refractivity contribution in [2.24, 2.45) is 11.8 Å². The normalized spacial score (nSPS) is 28.5. The van der Waals surface area contributed by atoms with Crippen LogP contribution in [-0.2, 0) is 9.59 Å². The van der Waals surface area contributed by atoms with Crippen LogP contribution >= 0.6 is 0 Å². The highest BCUT2D eigenvalue weighted by molar-refractivity contribution is 5.76. The maximum Gasteiger partial charge on any atom is 0.306 e. The van der Waals surface area contributed by atoms with Crippen LogP contribution in [0.2, 0.25) is 0 Å². The van der Waals surface area contributed by atoms with Gasteiger partial charge in [0.05, 0.1) is 5.92 Å². The molecule has 2 aliphatic carbocycles. The second-order valence-corrected chi connectivity index (χ2v) is 5.85. The molecule has 2 aliphatic rings. The molecule has 0 atom stereocenters. The van der Waals surface area contributed by atoms with Crippen LogP contribution in [0.3, 0.4) is 0 Å². The maximum absolute atomic E-state index is 12.1. The highest BCUT2D eigenvalue weighted by atomic mass is 16.4. The van der Waals surface area contributed by atoms with E-state index in [4.69, 9.17) is 5.11 Å². The first-order chi connectivity index (χ1) is 8.58. The summed E-state index contributed by atoms with van der Waals surface area (Å²) in [4.78, 5) is 24.8. The number of carboxylic acids is 1. The number of aliphatic carboxylic acids is 1. The third-order valence-corrected chi connectivity index (χ3v) is 4.68. The standard InChI is InChI=1S/C14H23NO3/c1-15(13(16)9-10-3-2-4-10)12-7-5-11(6-8-12)14(17)18/h10-12H,2-9H2,1H3,(H,17,18). The van der Waals surface area contributed by atoms with Crippen molar-refractivity contribution in [3.05, 3.63) is 0 Å². The van der Waals surface area contributed by atoms with Gasteiger partial charge >= 0.3 is 5.97 Å². The molecule has 18 heavy (non-hydrogen) atoms. The Balaban J connectivity index is 1.77. The summed E-state index contributed by atoms with van der Waals surface area (Å²) in [5.41, 5.74) is 0. The minimum atomic E-state index is -0.683. The van der Waals surface area contributed by atoms with Gasteiger partial charge in [0.2, 0.25) is 5.91 Å². The molecule has 2 fully saturated rings. The minimum Gasteiger partial charge on any atom is -0.481 e. The van der Waals surface area contributed by atoms with E-state index in [1.165, 1.54) is 19.3 Å². The summed E-state index contributed by atoms with van der Waals surface area (Å²) in [6, 6.07) is 0.258. The van der Waals surface area contributed by atoms with Crippen molar-refractivity contribution < 1.29 is 14.7 Å². The van der Waals surface area contributed by atoms with E-state index in [0.29, 0.717) is 25.2 Å². The fraction of sp³-hybridized carbons (Fsp3) is 0.857. The van der Waals surface area contributed by atoms with E-state index in [2.05, 4.69) is 0 Å². The maximum atomic E-state index is 12.1. The van der Waals surface area contributed by atoms with Crippen LogP contribution in [0.4, 0.5) is 0 Å². The number of hydrogen-bond acceptors (Lipinski definition) is 2. The number of hydrogen-bond donors (Lipinski definition) is 1. The zero-order valence-corrected chi connectivity index (χ0v) is 11.1. The zero-order valence-electron chi connectivity index (χ0n) is 11.1. The van der Waals surface area contributed by atoms with Crippen molar-refractivity contribution in [3.8, 4) is 0 Å². The number of carbonyl (C=O) groups excluding carboxylic acids is 1. The molecule has 0 aromatic heterocycles. The van der Waals surface area contributed by atoms with Crippen molar-refractivity contribution >= 4 is 11.9 Å². The summed E-state index contributed by atoms with van der Waals surface area (Å²) in [5, 5.41) is 8.95.